The average Bonchev–Trinajstić information content (AvgIpc) is 3.05. The number of aryl methyl sites for hydroxylation is 1. The number of hydrogen-bond acceptors (Lipinski definition) is 5. The summed E-state index contributed by atoms with van der Waals surface area (Å²) in [6.45, 7) is 3.96. The van der Waals surface area contributed by atoms with Gasteiger partial charge in [-0.15, -0.1) is 0 Å². The number of nitrogens with zero attached hydrogens (tertiary/aromatic N) is 3. The Balaban J connectivity index is 1.72. The zero-order valence-corrected chi connectivity index (χ0v) is 11.9. The van der Waals surface area contributed by atoms with E-state index in [1.165, 1.54) is 12.1 Å². The zero-order chi connectivity index (χ0) is 14.8. The van der Waals surface area contributed by atoms with Crippen LogP contribution in [0, 0.1) is 18.7 Å². The number of hydrogen-bond donors (Lipinski definition) is 1. The van der Waals surface area contributed by atoms with Gasteiger partial charge in [0.2, 0.25) is 5.89 Å². The molecule has 2 heterocycles. The topological polar surface area (TPSA) is 62.4 Å². The molecule has 2 aromatic rings. The maximum absolute atomic E-state index is 13.2. The molecule has 1 saturated heterocycles. The van der Waals surface area contributed by atoms with Crippen LogP contribution in [0.4, 0.5) is 4.39 Å². The molecule has 0 amide bonds. The lowest BCUT2D eigenvalue weighted by Crippen LogP contribution is -2.21. The molecule has 1 fully saturated rings. The molecule has 1 aliphatic rings. The predicted molar refractivity (Wildman–Crippen MR) is 74.0 cm³/mol. The second kappa shape index (κ2) is 5.91. The van der Waals surface area contributed by atoms with Crippen LogP contribution in [-0.4, -0.2) is 39.8 Å². The van der Waals surface area contributed by atoms with Crippen LogP contribution in [0.3, 0.4) is 0 Å². The van der Waals surface area contributed by atoms with E-state index in [0.717, 1.165) is 18.7 Å². The number of likely N-dealkylation sites (tertiary alicyclic amines) is 1. The maximum atomic E-state index is 13.2. The third-order valence-corrected chi connectivity index (χ3v) is 3.91. The Hall–Kier alpha value is -1.79. The molecule has 0 spiro atoms. The van der Waals surface area contributed by atoms with Crippen LogP contribution in [0.15, 0.2) is 28.8 Å². The molecule has 0 bridgehead atoms. The standard InChI is InChI=1S/C15H18FN3O2/c1-10-17-15(21-18-10)14-8-19(7-12(14)9-20)6-11-3-2-4-13(16)5-11/h2-5,12,14,20H,6-9H2,1H3/t12-,14+/m0/s1. The van der Waals surface area contributed by atoms with E-state index < -0.39 is 0 Å². The van der Waals surface area contributed by atoms with Crippen LogP contribution >= 0.6 is 0 Å². The molecule has 0 radical (unpaired) electrons. The maximum Gasteiger partial charge on any atom is 0.231 e. The molecule has 0 aliphatic carbocycles. The summed E-state index contributed by atoms with van der Waals surface area (Å²) in [5.74, 6) is 1.05. The molecule has 112 valence electrons. The van der Waals surface area contributed by atoms with E-state index in [4.69, 9.17) is 4.52 Å². The van der Waals surface area contributed by atoms with Crippen LogP contribution in [0.5, 0.6) is 0 Å². The summed E-state index contributed by atoms with van der Waals surface area (Å²) < 4.78 is 18.5. The summed E-state index contributed by atoms with van der Waals surface area (Å²) in [7, 11) is 0. The third-order valence-electron chi connectivity index (χ3n) is 3.91. The molecule has 1 N–H and O–H groups in total. The summed E-state index contributed by atoms with van der Waals surface area (Å²) in [4.78, 5) is 6.45. The number of aliphatic hydroxyl groups is 1. The summed E-state index contributed by atoms with van der Waals surface area (Å²) in [6.07, 6.45) is 0. The van der Waals surface area contributed by atoms with Gasteiger partial charge in [-0.2, -0.15) is 4.98 Å². The first-order chi connectivity index (χ1) is 10.2. The molecular formula is C15H18FN3O2. The van der Waals surface area contributed by atoms with Gasteiger partial charge in [0.05, 0.1) is 5.92 Å². The summed E-state index contributed by atoms with van der Waals surface area (Å²) in [5.41, 5.74) is 0.925. The normalized spacial score (nSPS) is 22.8. The van der Waals surface area contributed by atoms with Gasteiger partial charge in [0, 0.05) is 32.2 Å². The minimum Gasteiger partial charge on any atom is -0.396 e. The van der Waals surface area contributed by atoms with Crippen LogP contribution in [0.2, 0.25) is 0 Å². The van der Waals surface area contributed by atoms with Gasteiger partial charge in [-0.3, -0.25) is 4.90 Å². The van der Waals surface area contributed by atoms with Crippen LogP contribution in [-0.2, 0) is 6.54 Å². The molecule has 1 aliphatic heterocycles. The van der Waals surface area contributed by atoms with Crippen molar-refractivity contribution in [3.8, 4) is 0 Å². The number of rotatable bonds is 4. The number of aromatic nitrogens is 2. The van der Waals surface area contributed by atoms with Crippen molar-refractivity contribution in [3.63, 3.8) is 0 Å². The predicted octanol–water partition coefficient (Wildman–Crippen LogP) is 1.73. The summed E-state index contributed by atoms with van der Waals surface area (Å²) in [6, 6.07) is 6.59. The quantitative estimate of drug-likeness (QED) is 0.929. The fourth-order valence-corrected chi connectivity index (χ4v) is 2.91. The Kier molecular flexibility index (Phi) is 3.98. The first-order valence-electron chi connectivity index (χ1n) is 7.03. The SMILES string of the molecule is Cc1noc([C@@H]2CN(Cc3cccc(F)c3)C[C@H]2CO)n1. The summed E-state index contributed by atoms with van der Waals surface area (Å²) in [5, 5.41) is 13.4. The molecule has 0 unspecified atom stereocenters. The molecule has 0 saturated carbocycles. The largest absolute Gasteiger partial charge is 0.396 e. The fraction of sp³-hybridized carbons (Fsp3) is 0.467. The van der Waals surface area contributed by atoms with Crippen molar-refractivity contribution in [2.75, 3.05) is 19.7 Å². The molecule has 3 rings (SSSR count). The third kappa shape index (κ3) is 3.11. The van der Waals surface area contributed by atoms with Crippen molar-refractivity contribution in [3.05, 3.63) is 47.4 Å². The fourth-order valence-electron chi connectivity index (χ4n) is 2.91. The minimum absolute atomic E-state index is 0.0322. The van der Waals surface area contributed by atoms with Gasteiger partial charge in [-0.25, -0.2) is 4.39 Å². The van der Waals surface area contributed by atoms with Crippen molar-refractivity contribution in [2.24, 2.45) is 5.92 Å². The highest BCUT2D eigenvalue weighted by Crippen LogP contribution is 2.32. The summed E-state index contributed by atoms with van der Waals surface area (Å²) >= 11 is 0. The second-order valence-corrected chi connectivity index (χ2v) is 5.55. The second-order valence-electron chi connectivity index (χ2n) is 5.55. The monoisotopic (exact) mass is 291 g/mol. The number of halogens is 1. The van der Waals surface area contributed by atoms with E-state index >= 15 is 0 Å². The zero-order valence-electron chi connectivity index (χ0n) is 11.9. The van der Waals surface area contributed by atoms with Gasteiger partial charge in [0.15, 0.2) is 5.82 Å². The molecule has 1 aromatic heterocycles. The van der Waals surface area contributed by atoms with Gasteiger partial charge < -0.3 is 9.63 Å². The van der Waals surface area contributed by atoms with E-state index in [0.29, 0.717) is 18.3 Å². The van der Waals surface area contributed by atoms with E-state index in [-0.39, 0.29) is 24.3 Å². The number of aliphatic hydroxyl groups excluding tert-OH is 1. The molecule has 1 aromatic carbocycles. The molecular weight excluding hydrogens is 273 g/mol. The highest BCUT2D eigenvalue weighted by atomic mass is 19.1. The lowest BCUT2D eigenvalue weighted by molar-refractivity contribution is 0.205. The van der Waals surface area contributed by atoms with Gasteiger partial charge in [0.25, 0.3) is 0 Å². The van der Waals surface area contributed by atoms with Crippen molar-refractivity contribution >= 4 is 0 Å². The Morgan fingerprint density at radius 2 is 2.29 bits per heavy atom. The first-order valence-corrected chi connectivity index (χ1v) is 7.03. The lowest BCUT2D eigenvalue weighted by atomic mass is 9.97. The smallest absolute Gasteiger partial charge is 0.231 e. The van der Waals surface area contributed by atoms with Crippen molar-refractivity contribution < 1.29 is 14.0 Å². The van der Waals surface area contributed by atoms with Crippen molar-refractivity contribution in [2.45, 2.75) is 19.4 Å². The first kappa shape index (κ1) is 14.2. The van der Waals surface area contributed by atoms with Crippen LogP contribution < -0.4 is 0 Å². The molecule has 21 heavy (non-hydrogen) atoms. The van der Waals surface area contributed by atoms with E-state index in [1.807, 2.05) is 6.07 Å². The van der Waals surface area contributed by atoms with E-state index in [9.17, 15) is 9.50 Å². The van der Waals surface area contributed by atoms with Crippen LogP contribution in [0.1, 0.15) is 23.2 Å². The van der Waals surface area contributed by atoms with Gasteiger partial charge in [-0.05, 0) is 24.6 Å². The Bertz CT molecular complexity index is 616. The molecule has 2 atom stereocenters. The van der Waals surface area contributed by atoms with Gasteiger partial charge in [-0.1, -0.05) is 17.3 Å². The van der Waals surface area contributed by atoms with Crippen molar-refractivity contribution in [1.82, 2.24) is 15.0 Å². The van der Waals surface area contributed by atoms with Gasteiger partial charge in [0.1, 0.15) is 5.82 Å². The van der Waals surface area contributed by atoms with E-state index in [2.05, 4.69) is 15.0 Å². The molecule has 6 heteroatoms. The Labute approximate surface area is 122 Å². The highest BCUT2D eigenvalue weighted by Gasteiger charge is 2.36. The minimum atomic E-state index is -0.227. The Morgan fingerprint density at radius 1 is 1.43 bits per heavy atom. The van der Waals surface area contributed by atoms with Gasteiger partial charge >= 0.3 is 0 Å². The molecule has 5 nitrogen and oxygen atoms in total. The average molecular weight is 291 g/mol. The Morgan fingerprint density at radius 3 is 2.95 bits per heavy atom. The van der Waals surface area contributed by atoms with Crippen LogP contribution in [0.25, 0.3) is 0 Å². The van der Waals surface area contributed by atoms with Crippen molar-refractivity contribution in [1.29, 1.82) is 0 Å². The lowest BCUT2D eigenvalue weighted by Gasteiger charge is -2.15. The highest BCUT2D eigenvalue weighted by molar-refractivity contribution is 5.17. The number of benzene rings is 1. The van der Waals surface area contributed by atoms with E-state index in [1.54, 1.807) is 13.0 Å².